The Balaban J connectivity index is 1.41. The molecule has 0 aliphatic carbocycles. The van der Waals surface area contributed by atoms with E-state index < -0.39 is 0 Å². The first-order valence-electron chi connectivity index (χ1n) is 10.5. The van der Waals surface area contributed by atoms with Crippen molar-refractivity contribution in [2.45, 2.75) is 58.5 Å². The zero-order valence-corrected chi connectivity index (χ0v) is 17.4. The molecule has 0 bridgehead atoms. The summed E-state index contributed by atoms with van der Waals surface area (Å²) in [6.07, 6.45) is 4.64. The van der Waals surface area contributed by atoms with Gasteiger partial charge in [0.2, 0.25) is 5.91 Å². The van der Waals surface area contributed by atoms with E-state index in [1.165, 1.54) is 11.1 Å². The number of likely N-dealkylation sites (tertiary alicyclic amines) is 1. The Labute approximate surface area is 169 Å². The summed E-state index contributed by atoms with van der Waals surface area (Å²) in [5.74, 6) is 1.18. The predicted molar refractivity (Wildman–Crippen MR) is 114 cm³/mol. The summed E-state index contributed by atoms with van der Waals surface area (Å²) in [6, 6.07) is 14.7. The smallest absolute Gasteiger partial charge is 0.220 e. The van der Waals surface area contributed by atoms with Gasteiger partial charge in [-0.2, -0.15) is 0 Å². The van der Waals surface area contributed by atoms with Gasteiger partial charge in [0.05, 0.1) is 11.7 Å². The van der Waals surface area contributed by atoms with Crippen molar-refractivity contribution in [3.8, 4) is 0 Å². The van der Waals surface area contributed by atoms with Crippen LogP contribution in [0.5, 0.6) is 0 Å². The second-order valence-electron chi connectivity index (χ2n) is 8.36. The molecular formula is C24H33N3O. The fraction of sp³-hybridized carbons (Fsp3) is 0.500. The van der Waals surface area contributed by atoms with Gasteiger partial charge in [-0.3, -0.25) is 14.7 Å². The van der Waals surface area contributed by atoms with Crippen LogP contribution in [0.4, 0.5) is 0 Å². The van der Waals surface area contributed by atoms with Crippen LogP contribution in [0.15, 0.2) is 48.7 Å². The molecule has 0 saturated carbocycles. The van der Waals surface area contributed by atoms with Crippen molar-refractivity contribution in [2.75, 3.05) is 13.1 Å². The number of benzene rings is 1. The number of rotatable bonds is 7. The molecule has 1 aromatic carbocycles. The second kappa shape index (κ2) is 9.83. The molecular weight excluding hydrogens is 346 g/mol. The van der Waals surface area contributed by atoms with Crippen LogP contribution >= 0.6 is 0 Å². The molecule has 1 atom stereocenters. The Kier molecular flexibility index (Phi) is 7.21. The number of amides is 1. The maximum absolute atomic E-state index is 12.5. The van der Waals surface area contributed by atoms with E-state index in [9.17, 15) is 4.79 Å². The lowest BCUT2D eigenvalue weighted by atomic mass is 9.92. The van der Waals surface area contributed by atoms with Crippen molar-refractivity contribution in [1.29, 1.82) is 0 Å². The first-order valence-corrected chi connectivity index (χ1v) is 10.5. The lowest BCUT2D eigenvalue weighted by Gasteiger charge is -2.31. The largest absolute Gasteiger partial charge is 0.350 e. The first kappa shape index (κ1) is 20.5. The molecule has 4 heteroatoms. The molecule has 2 aromatic rings. The normalized spacial score (nSPS) is 16.9. The van der Waals surface area contributed by atoms with Crippen molar-refractivity contribution in [3.05, 3.63) is 65.5 Å². The molecule has 150 valence electrons. The third-order valence-electron chi connectivity index (χ3n) is 5.77. The summed E-state index contributed by atoms with van der Waals surface area (Å²) in [4.78, 5) is 19.4. The SMILES string of the molecule is CC(C)c1ccc(C(C)NC(=O)CC2CCN(Cc3ccccn3)CC2)cc1. The van der Waals surface area contributed by atoms with Crippen LogP contribution in [0.1, 0.15) is 68.8 Å². The molecule has 4 nitrogen and oxygen atoms in total. The standard InChI is InChI=1S/C24H33N3O/c1-18(2)21-7-9-22(10-8-21)19(3)26-24(28)16-20-11-14-27(15-12-20)17-23-6-4-5-13-25-23/h4-10,13,18-20H,11-12,14-17H2,1-3H3,(H,26,28). The van der Waals surface area contributed by atoms with Gasteiger partial charge in [0, 0.05) is 19.2 Å². The number of carbonyl (C=O) groups excluding carboxylic acids is 1. The van der Waals surface area contributed by atoms with Crippen LogP contribution in [-0.4, -0.2) is 28.9 Å². The quantitative estimate of drug-likeness (QED) is 0.759. The number of aromatic nitrogens is 1. The average molecular weight is 380 g/mol. The summed E-state index contributed by atoms with van der Waals surface area (Å²) in [6.45, 7) is 9.45. The number of nitrogens with one attached hydrogen (secondary N) is 1. The maximum Gasteiger partial charge on any atom is 0.220 e. The maximum atomic E-state index is 12.5. The van der Waals surface area contributed by atoms with Crippen LogP contribution in [0.2, 0.25) is 0 Å². The molecule has 1 unspecified atom stereocenters. The zero-order chi connectivity index (χ0) is 19.9. The van der Waals surface area contributed by atoms with Gasteiger partial charge in [-0.05, 0) is 68.0 Å². The topological polar surface area (TPSA) is 45.2 Å². The number of piperidine rings is 1. The third-order valence-corrected chi connectivity index (χ3v) is 5.77. The minimum absolute atomic E-state index is 0.0537. The lowest BCUT2D eigenvalue weighted by molar-refractivity contribution is -0.123. The molecule has 1 aliphatic rings. The van der Waals surface area contributed by atoms with E-state index in [1.807, 2.05) is 18.3 Å². The number of pyridine rings is 1. The fourth-order valence-corrected chi connectivity index (χ4v) is 3.88. The molecule has 1 amide bonds. The first-order chi connectivity index (χ1) is 13.5. The zero-order valence-electron chi connectivity index (χ0n) is 17.4. The molecule has 2 heterocycles. The minimum atomic E-state index is 0.0537. The Morgan fingerprint density at radius 3 is 2.36 bits per heavy atom. The van der Waals surface area contributed by atoms with E-state index in [-0.39, 0.29) is 11.9 Å². The van der Waals surface area contributed by atoms with Crippen LogP contribution < -0.4 is 5.32 Å². The summed E-state index contributed by atoms with van der Waals surface area (Å²) < 4.78 is 0. The summed E-state index contributed by atoms with van der Waals surface area (Å²) in [5.41, 5.74) is 3.62. The van der Waals surface area contributed by atoms with Crippen LogP contribution in [-0.2, 0) is 11.3 Å². The van der Waals surface area contributed by atoms with E-state index >= 15 is 0 Å². The Bertz CT molecular complexity index is 734. The van der Waals surface area contributed by atoms with E-state index in [4.69, 9.17) is 0 Å². The van der Waals surface area contributed by atoms with Gasteiger partial charge in [0.15, 0.2) is 0 Å². The van der Waals surface area contributed by atoms with E-state index in [2.05, 4.69) is 66.3 Å². The predicted octanol–water partition coefficient (Wildman–Crippen LogP) is 4.68. The third kappa shape index (κ3) is 5.90. The highest BCUT2D eigenvalue weighted by Crippen LogP contribution is 2.23. The molecule has 1 fully saturated rings. The van der Waals surface area contributed by atoms with Gasteiger partial charge in [-0.1, -0.05) is 44.2 Å². The molecule has 0 spiro atoms. The highest BCUT2D eigenvalue weighted by molar-refractivity contribution is 5.76. The fourth-order valence-electron chi connectivity index (χ4n) is 3.88. The van der Waals surface area contributed by atoms with Gasteiger partial charge in [-0.15, -0.1) is 0 Å². The molecule has 3 rings (SSSR count). The van der Waals surface area contributed by atoms with Crippen molar-refractivity contribution in [1.82, 2.24) is 15.2 Å². The van der Waals surface area contributed by atoms with Crippen LogP contribution in [0, 0.1) is 5.92 Å². The number of carbonyl (C=O) groups is 1. The van der Waals surface area contributed by atoms with Crippen LogP contribution in [0.25, 0.3) is 0 Å². The van der Waals surface area contributed by atoms with Gasteiger partial charge >= 0.3 is 0 Å². The number of hydrogen-bond acceptors (Lipinski definition) is 3. The summed E-state index contributed by atoms with van der Waals surface area (Å²) in [7, 11) is 0. The molecule has 28 heavy (non-hydrogen) atoms. The van der Waals surface area contributed by atoms with Gasteiger partial charge in [0.25, 0.3) is 0 Å². The summed E-state index contributed by atoms with van der Waals surface area (Å²) in [5, 5.41) is 3.18. The van der Waals surface area contributed by atoms with Crippen LogP contribution in [0.3, 0.4) is 0 Å². The van der Waals surface area contributed by atoms with Gasteiger partial charge < -0.3 is 5.32 Å². The van der Waals surface area contributed by atoms with Gasteiger partial charge in [-0.25, -0.2) is 0 Å². The Morgan fingerprint density at radius 2 is 1.75 bits per heavy atom. The Hall–Kier alpha value is -2.20. The van der Waals surface area contributed by atoms with E-state index in [0.717, 1.165) is 38.2 Å². The average Bonchev–Trinajstić information content (AvgIpc) is 2.70. The molecule has 0 radical (unpaired) electrons. The van der Waals surface area contributed by atoms with Crippen molar-refractivity contribution in [3.63, 3.8) is 0 Å². The Morgan fingerprint density at radius 1 is 1.07 bits per heavy atom. The van der Waals surface area contributed by atoms with Gasteiger partial charge in [0.1, 0.15) is 0 Å². The monoisotopic (exact) mass is 379 g/mol. The van der Waals surface area contributed by atoms with Crippen molar-refractivity contribution < 1.29 is 4.79 Å². The van der Waals surface area contributed by atoms with Crippen molar-refractivity contribution in [2.24, 2.45) is 5.92 Å². The summed E-state index contributed by atoms with van der Waals surface area (Å²) >= 11 is 0. The lowest BCUT2D eigenvalue weighted by Crippen LogP contribution is -2.36. The molecule has 1 aromatic heterocycles. The molecule has 1 saturated heterocycles. The minimum Gasteiger partial charge on any atom is -0.350 e. The molecule has 1 N–H and O–H groups in total. The number of nitrogens with zero attached hydrogens (tertiary/aromatic N) is 2. The molecule has 1 aliphatic heterocycles. The number of hydrogen-bond donors (Lipinski definition) is 1. The van der Waals surface area contributed by atoms with Crippen molar-refractivity contribution >= 4 is 5.91 Å². The second-order valence-corrected chi connectivity index (χ2v) is 8.36. The highest BCUT2D eigenvalue weighted by atomic mass is 16.1. The van der Waals surface area contributed by atoms with E-state index in [0.29, 0.717) is 18.3 Å². The van der Waals surface area contributed by atoms with E-state index in [1.54, 1.807) is 0 Å². The highest BCUT2D eigenvalue weighted by Gasteiger charge is 2.22.